The standard InChI is InChI=1S/C9H12N4O2/c1-2-8-11-9(15-12-8)4-13-3-7(5-14)10-6-13/h3,6,14H,2,4-5H2,1H3. The number of aromatic nitrogens is 4. The molecule has 0 aliphatic heterocycles. The van der Waals surface area contributed by atoms with Crippen LogP contribution >= 0.6 is 0 Å². The lowest BCUT2D eigenvalue weighted by atomic mass is 10.5. The molecule has 15 heavy (non-hydrogen) atoms. The molecule has 0 aromatic carbocycles. The number of hydrogen-bond acceptors (Lipinski definition) is 5. The fraction of sp³-hybridized carbons (Fsp3) is 0.444. The summed E-state index contributed by atoms with van der Waals surface area (Å²) in [5, 5.41) is 12.6. The van der Waals surface area contributed by atoms with Gasteiger partial charge in [-0.25, -0.2) is 4.98 Å². The van der Waals surface area contributed by atoms with E-state index < -0.39 is 0 Å². The highest BCUT2D eigenvalue weighted by Gasteiger charge is 2.05. The Morgan fingerprint density at radius 3 is 3.00 bits per heavy atom. The van der Waals surface area contributed by atoms with E-state index in [1.165, 1.54) is 0 Å². The lowest BCUT2D eigenvalue weighted by molar-refractivity contribution is 0.277. The van der Waals surface area contributed by atoms with Crippen LogP contribution in [0.25, 0.3) is 0 Å². The number of imidazole rings is 1. The molecule has 0 saturated carbocycles. The van der Waals surface area contributed by atoms with E-state index in [1.807, 2.05) is 6.92 Å². The maximum Gasteiger partial charge on any atom is 0.246 e. The van der Waals surface area contributed by atoms with E-state index in [-0.39, 0.29) is 6.61 Å². The van der Waals surface area contributed by atoms with Crippen molar-refractivity contribution in [3.05, 3.63) is 29.9 Å². The molecule has 6 nitrogen and oxygen atoms in total. The number of aliphatic hydroxyl groups is 1. The molecule has 0 aliphatic carbocycles. The zero-order valence-corrected chi connectivity index (χ0v) is 8.42. The molecule has 0 unspecified atom stereocenters. The topological polar surface area (TPSA) is 77.0 Å². The minimum atomic E-state index is -0.0585. The Balaban J connectivity index is 2.07. The second kappa shape index (κ2) is 4.22. The molecule has 2 rings (SSSR count). The van der Waals surface area contributed by atoms with Crippen molar-refractivity contribution in [2.45, 2.75) is 26.5 Å². The average molecular weight is 208 g/mol. The van der Waals surface area contributed by atoms with Gasteiger partial charge in [-0.1, -0.05) is 12.1 Å². The molecular formula is C9H12N4O2. The summed E-state index contributed by atoms with van der Waals surface area (Å²) in [6.07, 6.45) is 4.13. The first kappa shape index (κ1) is 9.85. The average Bonchev–Trinajstić information content (AvgIpc) is 2.87. The van der Waals surface area contributed by atoms with Crippen molar-refractivity contribution >= 4 is 0 Å². The second-order valence-electron chi connectivity index (χ2n) is 3.15. The molecule has 80 valence electrons. The summed E-state index contributed by atoms with van der Waals surface area (Å²) in [6, 6.07) is 0. The van der Waals surface area contributed by atoms with Crippen molar-refractivity contribution in [2.24, 2.45) is 0 Å². The van der Waals surface area contributed by atoms with E-state index in [0.29, 0.717) is 24.0 Å². The first-order valence-corrected chi connectivity index (χ1v) is 4.74. The van der Waals surface area contributed by atoms with Gasteiger partial charge in [0.25, 0.3) is 0 Å². The van der Waals surface area contributed by atoms with Crippen molar-refractivity contribution in [3.63, 3.8) is 0 Å². The SMILES string of the molecule is CCc1noc(Cn2cnc(CO)c2)n1. The fourth-order valence-electron chi connectivity index (χ4n) is 1.23. The molecule has 0 spiro atoms. The van der Waals surface area contributed by atoms with E-state index in [1.54, 1.807) is 17.1 Å². The summed E-state index contributed by atoms with van der Waals surface area (Å²) in [6.45, 7) is 2.40. The van der Waals surface area contributed by atoms with Crippen LogP contribution in [0.2, 0.25) is 0 Å². The molecule has 0 bridgehead atoms. The van der Waals surface area contributed by atoms with Crippen LogP contribution in [-0.2, 0) is 19.6 Å². The van der Waals surface area contributed by atoms with Gasteiger partial charge < -0.3 is 14.2 Å². The Labute approximate surface area is 86.6 Å². The van der Waals surface area contributed by atoms with E-state index in [9.17, 15) is 0 Å². The van der Waals surface area contributed by atoms with Crippen molar-refractivity contribution < 1.29 is 9.63 Å². The van der Waals surface area contributed by atoms with Gasteiger partial charge in [-0.05, 0) is 0 Å². The summed E-state index contributed by atoms with van der Waals surface area (Å²) in [5.41, 5.74) is 0.630. The third-order valence-corrected chi connectivity index (χ3v) is 1.99. The molecule has 2 heterocycles. The maximum absolute atomic E-state index is 8.83. The van der Waals surface area contributed by atoms with Crippen LogP contribution < -0.4 is 0 Å². The summed E-state index contributed by atoms with van der Waals surface area (Å²) >= 11 is 0. The first-order chi connectivity index (χ1) is 7.31. The fourth-order valence-corrected chi connectivity index (χ4v) is 1.23. The largest absolute Gasteiger partial charge is 0.390 e. The minimum absolute atomic E-state index is 0.0585. The molecule has 2 aromatic heterocycles. The Hall–Kier alpha value is -1.69. The van der Waals surface area contributed by atoms with Gasteiger partial charge in [0.2, 0.25) is 5.89 Å². The predicted molar refractivity (Wildman–Crippen MR) is 50.9 cm³/mol. The van der Waals surface area contributed by atoms with E-state index >= 15 is 0 Å². The Morgan fingerprint density at radius 1 is 1.53 bits per heavy atom. The van der Waals surface area contributed by atoms with Crippen molar-refractivity contribution in [3.8, 4) is 0 Å². The number of rotatable bonds is 4. The normalized spacial score (nSPS) is 10.8. The van der Waals surface area contributed by atoms with Gasteiger partial charge in [-0.2, -0.15) is 4.98 Å². The smallest absolute Gasteiger partial charge is 0.246 e. The summed E-state index contributed by atoms with van der Waals surface area (Å²) < 4.78 is 6.82. The van der Waals surface area contributed by atoms with Gasteiger partial charge in [0.1, 0.15) is 6.54 Å². The highest BCUT2D eigenvalue weighted by Crippen LogP contribution is 2.02. The Kier molecular flexibility index (Phi) is 2.77. The maximum atomic E-state index is 8.83. The van der Waals surface area contributed by atoms with Crippen LogP contribution in [0.15, 0.2) is 17.0 Å². The van der Waals surface area contributed by atoms with Gasteiger partial charge >= 0.3 is 0 Å². The van der Waals surface area contributed by atoms with E-state index in [2.05, 4.69) is 15.1 Å². The lowest BCUT2D eigenvalue weighted by Crippen LogP contribution is -1.97. The van der Waals surface area contributed by atoms with Gasteiger partial charge in [-0.3, -0.25) is 0 Å². The number of aryl methyl sites for hydroxylation is 1. The van der Waals surface area contributed by atoms with Crippen molar-refractivity contribution in [1.29, 1.82) is 0 Å². The molecule has 1 N–H and O–H groups in total. The van der Waals surface area contributed by atoms with E-state index in [0.717, 1.165) is 6.42 Å². The molecule has 0 atom stereocenters. The van der Waals surface area contributed by atoms with Crippen LogP contribution in [-0.4, -0.2) is 24.8 Å². The van der Waals surface area contributed by atoms with Gasteiger partial charge in [0.05, 0.1) is 18.6 Å². The molecule has 0 amide bonds. The highest BCUT2D eigenvalue weighted by atomic mass is 16.5. The molecule has 6 heteroatoms. The monoisotopic (exact) mass is 208 g/mol. The molecule has 0 radical (unpaired) electrons. The zero-order valence-electron chi connectivity index (χ0n) is 8.42. The van der Waals surface area contributed by atoms with Gasteiger partial charge in [0, 0.05) is 12.6 Å². The van der Waals surface area contributed by atoms with Gasteiger partial charge in [0.15, 0.2) is 5.82 Å². The van der Waals surface area contributed by atoms with Crippen LogP contribution in [0.3, 0.4) is 0 Å². The van der Waals surface area contributed by atoms with Crippen LogP contribution in [0, 0.1) is 0 Å². The highest BCUT2D eigenvalue weighted by molar-refractivity contribution is 4.96. The second-order valence-corrected chi connectivity index (χ2v) is 3.15. The Morgan fingerprint density at radius 2 is 2.40 bits per heavy atom. The van der Waals surface area contributed by atoms with Crippen molar-refractivity contribution in [1.82, 2.24) is 19.7 Å². The quantitative estimate of drug-likeness (QED) is 0.785. The van der Waals surface area contributed by atoms with E-state index in [4.69, 9.17) is 9.63 Å². The third kappa shape index (κ3) is 2.21. The number of hydrogen-bond donors (Lipinski definition) is 1. The predicted octanol–water partition coefficient (Wildman–Crippen LogP) is 0.369. The molecule has 0 saturated heterocycles. The Bertz CT molecular complexity index is 395. The molecule has 0 aliphatic rings. The first-order valence-electron chi connectivity index (χ1n) is 4.74. The summed E-state index contributed by atoms with van der Waals surface area (Å²) in [4.78, 5) is 8.15. The minimum Gasteiger partial charge on any atom is -0.390 e. The number of nitrogens with zero attached hydrogens (tertiary/aromatic N) is 4. The zero-order chi connectivity index (χ0) is 10.7. The summed E-state index contributed by atoms with van der Waals surface area (Å²) in [7, 11) is 0. The lowest BCUT2D eigenvalue weighted by Gasteiger charge is -1.94. The number of aliphatic hydroxyl groups excluding tert-OH is 1. The summed E-state index contributed by atoms with van der Waals surface area (Å²) in [5.74, 6) is 1.25. The third-order valence-electron chi connectivity index (χ3n) is 1.99. The van der Waals surface area contributed by atoms with Crippen molar-refractivity contribution in [2.75, 3.05) is 0 Å². The van der Waals surface area contributed by atoms with Crippen LogP contribution in [0.4, 0.5) is 0 Å². The van der Waals surface area contributed by atoms with Gasteiger partial charge in [-0.15, -0.1) is 0 Å². The molecule has 0 fully saturated rings. The van der Waals surface area contributed by atoms with Crippen LogP contribution in [0.5, 0.6) is 0 Å². The molecular weight excluding hydrogens is 196 g/mol. The van der Waals surface area contributed by atoms with Crippen LogP contribution in [0.1, 0.15) is 24.3 Å². The molecule has 2 aromatic rings.